The van der Waals surface area contributed by atoms with Gasteiger partial charge in [-0.2, -0.15) is 18.3 Å². The SMILES string of the molecule is N=C(N)c1cccnc1-n1cc(C(F)(F)F)cn1. The molecule has 0 amide bonds. The van der Waals surface area contributed by atoms with Gasteiger partial charge in [0.1, 0.15) is 5.84 Å². The number of hydrogen-bond donors (Lipinski definition) is 2. The van der Waals surface area contributed by atoms with Crippen molar-refractivity contribution in [2.24, 2.45) is 5.73 Å². The van der Waals surface area contributed by atoms with Gasteiger partial charge in [0.05, 0.1) is 17.3 Å². The van der Waals surface area contributed by atoms with E-state index >= 15 is 0 Å². The molecule has 0 saturated carbocycles. The lowest BCUT2D eigenvalue weighted by molar-refractivity contribution is -0.137. The second-order valence-electron chi connectivity index (χ2n) is 3.46. The minimum atomic E-state index is -4.47. The van der Waals surface area contributed by atoms with Crippen LogP contribution in [0.1, 0.15) is 11.1 Å². The summed E-state index contributed by atoms with van der Waals surface area (Å²) in [6.07, 6.45) is -1.59. The molecule has 2 rings (SSSR count). The van der Waals surface area contributed by atoms with Gasteiger partial charge in [0.2, 0.25) is 0 Å². The second kappa shape index (κ2) is 4.13. The molecular weight excluding hydrogens is 247 g/mol. The van der Waals surface area contributed by atoms with Gasteiger partial charge >= 0.3 is 6.18 Å². The Labute approximate surface area is 99.6 Å². The summed E-state index contributed by atoms with van der Waals surface area (Å²) in [7, 11) is 0. The molecule has 0 aliphatic carbocycles. The first-order chi connectivity index (χ1) is 8.39. The number of aromatic nitrogens is 3. The Morgan fingerprint density at radius 2 is 2.11 bits per heavy atom. The van der Waals surface area contributed by atoms with Gasteiger partial charge in [-0.3, -0.25) is 5.41 Å². The lowest BCUT2D eigenvalue weighted by Crippen LogP contribution is -2.16. The molecule has 0 radical (unpaired) electrons. The quantitative estimate of drug-likeness (QED) is 0.631. The van der Waals surface area contributed by atoms with Crippen molar-refractivity contribution in [3.05, 3.63) is 41.9 Å². The van der Waals surface area contributed by atoms with Crippen LogP contribution in [0.5, 0.6) is 0 Å². The van der Waals surface area contributed by atoms with Gasteiger partial charge in [0.15, 0.2) is 5.82 Å². The van der Waals surface area contributed by atoms with Crippen molar-refractivity contribution in [1.29, 1.82) is 5.41 Å². The van der Waals surface area contributed by atoms with Crippen LogP contribution in [0.4, 0.5) is 13.2 Å². The Hall–Kier alpha value is -2.38. The van der Waals surface area contributed by atoms with E-state index in [0.717, 1.165) is 10.9 Å². The molecule has 2 aromatic rings. The summed E-state index contributed by atoms with van der Waals surface area (Å²) in [5, 5.41) is 10.9. The van der Waals surface area contributed by atoms with Crippen LogP contribution in [0.3, 0.4) is 0 Å². The number of nitrogen functional groups attached to an aromatic ring is 1. The number of pyridine rings is 1. The number of amidine groups is 1. The molecule has 2 aromatic heterocycles. The van der Waals surface area contributed by atoms with Gasteiger partial charge < -0.3 is 5.73 Å². The third kappa shape index (κ3) is 2.17. The molecule has 8 heteroatoms. The Bertz CT molecular complexity index is 587. The van der Waals surface area contributed by atoms with Gasteiger partial charge in [0.25, 0.3) is 0 Å². The number of halogens is 3. The molecule has 0 spiro atoms. The minimum absolute atomic E-state index is 0.0838. The highest BCUT2D eigenvalue weighted by Crippen LogP contribution is 2.29. The molecule has 0 aliphatic rings. The molecular formula is C10H8F3N5. The summed E-state index contributed by atoms with van der Waals surface area (Å²) in [6, 6.07) is 3.02. The van der Waals surface area contributed by atoms with Crippen molar-refractivity contribution in [3.63, 3.8) is 0 Å². The van der Waals surface area contributed by atoms with Crippen LogP contribution in [-0.2, 0) is 6.18 Å². The average Bonchev–Trinajstić information content (AvgIpc) is 2.77. The first kappa shape index (κ1) is 12.1. The van der Waals surface area contributed by atoms with Crippen molar-refractivity contribution >= 4 is 5.84 Å². The molecule has 0 aliphatic heterocycles. The Kier molecular flexibility index (Phi) is 2.77. The maximum absolute atomic E-state index is 12.4. The highest BCUT2D eigenvalue weighted by atomic mass is 19.4. The van der Waals surface area contributed by atoms with Crippen molar-refractivity contribution < 1.29 is 13.2 Å². The molecule has 0 unspecified atom stereocenters. The molecule has 0 fully saturated rings. The van der Waals surface area contributed by atoms with Crippen LogP contribution in [0.15, 0.2) is 30.7 Å². The van der Waals surface area contributed by atoms with E-state index in [4.69, 9.17) is 11.1 Å². The summed E-state index contributed by atoms with van der Waals surface area (Å²) >= 11 is 0. The summed E-state index contributed by atoms with van der Waals surface area (Å²) in [5.41, 5.74) is 4.65. The fraction of sp³-hybridized carbons (Fsp3) is 0.100. The summed E-state index contributed by atoms with van der Waals surface area (Å²) in [4.78, 5) is 3.88. The Morgan fingerprint density at radius 3 is 2.67 bits per heavy atom. The van der Waals surface area contributed by atoms with Crippen LogP contribution in [0.25, 0.3) is 5.82 Å². The van der Waals surface area contributed by atoms with Gasteiger partial charge in [-0.1, -0.05) is 0 Å². The van der Waals surface area contributed by atoms with Crippen LogP contribution in [-0.4, -0.2) is 20.6 Å². The number of hydrogen-bond acceptors (Lipinski definition) is 3. The van der Waals surface area contributed by atoms with Crippen LogP contribution >= 0.6 is 0 Å². The largest absolute Gasteiger partial charge is 0.419 e. The molecule has 2 heterocycles. The molecule has 5 nitrogen and oxygen atoms in total. The van der Waals surface area contributed by atoms with Gasteiger partial charge in [-0.25, -0.2) is 9.67 Å². The van der Waals surface area contributed by atoms with E-state index < -0.39 is 11.7 Å². The first-order valence-corrected chi connectivity index (χ1v) is 4.81. The molecule has 0 saturated heterocycles. The van der Waals surface area contributed by atoms with Gasteiger partial charge in [-0.15, -0.1) is 0 Å². The zero-order chi connectivity index (χ0) is 13.3. The van der Waals surface area contributed by atoms with Gasteiger partial charge in [-0.05, 0) is 12.1 Å². The number of nitrogens with one attached hydrogen (secondary N) is 1. The van der Waals surface area contributed by atoms with Gasteiger partial charge in [0, 0.05) is 12.4 Å². The lowest BCUT2D eigenvalue weighted by Gasteiger charge is -2.06. The third-order valence-electron chi connectivity index (χ3n) is 2.20. The van der Waals surface area contributed by atoms with Crippen molar-refractivity contribution in [3.8, 4) is 5.82 Å². The number of rotatable bonds is 2. The molecule has 18 heavy (non-hydrogen) atoms. The maximum Gasteiger partial charge on any atom is 0.419 e. The fourth-order valence-corrected chi connectivity index (χ4v) is 1.37. The highest BCUT2D eigenvalue weighted by molar-refractivity contribution is 5.97. The fourth-order valence-electron chi connectivity index (χ4n) is 1.37. The van der Waals surface area contributed by atoms with E-state index in [2.05, 4.69) is 10.1 Å². The lowest BCUT2D eigenvalue weighted by atomic mass is 10.2. The van der Waals surface area contributed by atoms with Crippen molar-refractivity contribution in [2.75, 3.05) is 0 Å². The summed E-state index contributed by atoms with van der Waals surface area (Å²) in [6.45, 7) is 0. The van der Waals surface area contributed by atoms with E-state index in [9.17, 15) is 13.2 Å². The zero-order valence-corrected chi connectivity index (χ0v) is 8.94. The highest BCUT2D eigenvalue weighted by Gasteiger charge is 2.32. The number of nitrogens with zero attached hydrogens (tertiary/aromatic N) is 3. The van der Waals surface area contributed by atoms with E-state index in [1.165, 1.54) is 18.3 Å². The summed E-state index contributed by atoms with van der Waals surface area (Å²) < 4.78 is 38.3. The maximum atomic E-state index is 12.4. The van der Waals surface area contributed by atoms with E-state index in [0.29, 0.717) is 6.20 Å². The zero-order valence-electron chi connectivity index (χ0n) is 8.94. The number of alkyl halides is 3. The topological polar surface area (TPSA) is 80.6 Å². The van der Waals surface area contributed by atoms with E-state index in [1.807, 2.05) is 0 Å². The molecule has 0 bridgehead atoms. The standard InChI is InChI=1S/C10H8F3N5/c11-10(12,13)6-4-17-18(5-6)9-7(8(14)15)2-1-3-16-9/h1-5H,(H3,14,15). The molecule has 0 atom stereocenters. The average molecular weight is 255 g/mol. The van der Waals surface area contributed by atoms with Crippen LogP contribution in [0.2, 0.25) is 0 Å². The predicted molar refractivity (Wildman–Crippen MR) is 57.4 cm³/mol. The molecule has 94 valence electrons. The van der Waals surface area contributed by atoms with E-state index in [-0.39, 0.29) is 17.2 Å². The Morgan fingerprint density at radius 1 is 1.39 bits per heavy atom. The normalized spacial score (nSPS) is 11.5. The van der Waals surface area contributed by atoms with Crippen LogP contribution in [0, 0.1) is 5.41 Å². The number of nitrogens with two attached hydrogens (primary N) is 1. The second-order valence-corrected chi connectivity index (χ2v) is 3.46. The van der Waals surface area contributed by atoms with Crippen molar-refractivity contribution in [1.82, 2.24) is 14.8 Å². The predicted octanol–water partition coefficient (Wildman–Crippen LogP) is 1.57. The minimum Gasteiger partial charge on any atom is -0.384 e. The summed E-state index contributed by atoms with van der Waals surface area (Å²) in [5.74, 6) is -0.206. The molecule has 3 N–H and O–H groups in total. The van der Waals surface area contributed by atoms with Crippen molar-refractivity contribution in [2.45, 2.75) is 6.18 Å². The third-order valence-corrected chi connectivity index (χ3v) is 2.20. The van der Waals surface area contributed by atoms with E-state index in [1.54, 1.807) is 0 Å². The monoisotopic (exact) mass is 255 g/mol. The Balaban J connectivity index is 2.50. The first-order valence-electron chi connectivity index (χ1n) is 4.81. The molecule has 0 aromatic carbocycles. The smallest absolute Gasteiger partial charge is 0.384 e. The van der Waals surface area contributed by atoms with Crippen LogP contribution < -0.4 is 5.73 Å².